The Bertz CT molecular complexity index is 741. The topological polar surface area (TPSA) is 57.5 Å². The molecule has 3 fully saturated rings. The van der Waals surface area contributed by atoms with Crippen LogP contribution >= 0.6 is 0 Å². The second-order valence-electron chi connectivity index (χ2n) is 12.9. The molecule has 0 spiro atoms. The number of allylic oxidation sites excluding steroid dienone is 1. The number of hydrogen-bond acceptors (Lipinski definition) is 3. The third kappa shape index (κ3) is 3.74. The summed E-state index contributed by atoms with van der Waals surface area (Å²) in [6.07, 6.45) is 10.7. The molecule has 3 heteroatoms. The molecule has 0 unspecified atom stereocenters. The number of hydrogen-bond donors (Lipinski definition) is 2. The molecule has 3 saturated carbocycles. The molecule has 182 valence electrons. The number of fused-ring (bicyclic) bond motifs is 5. The molecular weight excluding hydrogens is 396 g/mol. The summed E-state index contributed by atoms with van der Waals surface area (Å²) in [5.74, 6) is 3.68. The number of ketones is 1. The fraction of sp³-hybridized carbons (Fsp3) is 0.897. The van der Waals surface area contributed by atoms with Crippen molar-refractivity contribution in [3.8, 4) is 0 Å². The van der Waals surface area contributed by atoms with Crippen LogP contribution in [0.15, 0.2) is 11.6 Å². The standard InChI is InChI=1S/C29H48O3/c1-7-21(17(2)3)27(32)26(31)18(4)23-10-11-24-22-9-8-19-16-20(30)12-14-28(19,5)25(22)13-15-29(23,24)6/h16-18,21-27,31-32H,7-15H2,1-6H3/t18-,21-,22-,23+,24-,25-,26-,27+,28-,29+/m0/s1. The van der Waals surface area contributed by atoms with E-state index in [-0.39, 0.29) is 22.7 Å². The van der Waals surface area contributed by atoms with Crippen LogP contribution in [-0.4, -0.2) is 28.2 Å². The molecule has 0 saturated heterocycles. The van der Waals surface area contributed by atoms with E-state index in [0.29, 0.717) is 23.5 Å². The summed E-state index contributed by atoms with van der Waals surface area (Å²) in [6, 6.07) is 0. The Kier molecular flexibility index (Phi) is 6.75. The number of rotatable bonds is 6. The molecule has 0 aromatic heterocycles. The van der Waals surface area contributed by atoms with Crippen LogP contribution in [0, 0.1) is 52.3 Å². The van der Waals surface area contributed by atoms with Gasteiger partial charge in [0.1, 0.15) is 0 Å². The van der Waals surface area contributed by atoms with E-state index in [9.17, 15) is 15.0 Å². The molecule has 0 bridgehead atoms. The van der Waals surface area contributed by atoms with Gasteiger partial charge in [-0.3, -0.25) is 4.79 Å². The molecule has 0 amide bonds. The second kappa shape index (κ2) is 8.84. The van der Waals surface area contributed by atoms with E-state index in [4.69, 9.17) is 0 Å². The zero-order valence-electron chi connectivity index (χ0n) is 21.4. The maximum Gasteiger partial charge on any atom is 0.155 e. The van der Waals surface area contributed by atoms with Gasteiger partial charge in [0.2, 0.25) is 0 Å². The SMILES string of the molecule is CC[C@@H](C(C)C)[C@@H](O)[C@@H](O)[C@@H](C)[C@H]1CC[C@H]2[C@@H]3CCC4=CC(=O)CC[C@]4(C)[C@H]3CC[C@]12C. The first kappa shape index (κ1) is 24.5. The van der Waals surface area contributed by atoms with Gasteiger partial charge < -0.3 is 10.2 Å². The molecule has 4 aliphatic carbocycles. The molecule has 4 aliphatic rings. The van der Waals surface area contributed by atoms with Crippen LogP contribution in [0.1, 0.15) is 99.3 Å². The third-order valence-corrected chi connectivity index (χ3v) is 11.3. The molecule has 10 atom stereocenters. The van der Waals surface area contributed by atoms with Crippen molar-refractivity contribution >= 4 is 5.78 Å². The lowest BCUT2D eigenvalue weighted by Gasteiger charge is -2.58. The van der Waals surface area contributed by atoms with E-state index in [1.807, 2.05) is 6.08 Å². The Morgan fingerprint density at radius 3 is 2.34 bits per heavy atom. The zero-order chi connectivity index (χ0) is 23.4. The average molecular weight is 445 g/mol. The summed E-state index contributed by atoms with van der Waals surface area (Å²) in [7, 11) is 0. The molecule has 0 aromatic carbocycles. The van der Waals surface area contributed by atoms with Gasteiger partial charge in [0.25, 0.3) is 0 Å². The summed E-state index contributed by atoms with van der Waals surface area (Å²) in [5, 5.41) is 22.3. The average Bonchev–Trinajstić information content (AvgIpc) is 3.10. The lowest BCUT2D eigenvalue weighted by Crippen LogP contribution is -2.52. The van der Waals surface area contributed by atoms with E-state index >= 15 is 0 Å². The van der Waals surface area contributed by atoms with Crippen LogP contribution in [0.5, 0.6) is 0 Å². The highest BCUT2D eigenvalue weighted by molar-refractivity contribution is 5.91. The van der Waals surface area contributed by atoms with Gasteiger partial charge in [0.05, 0.1) is 12.2 Å². The summed E-state index contributed by atoms with van der Waals surface area (Å²) in [6.45, 7) is 13.6. The molecule has 0 heterocycles. The van der Waals surface area contributed by atoms with Gasteiger partial charge in [-0.15, -0.1) is 0 Å². The van der Waals surface area contributed by atoms with Crippen molar-refractivity contribution in [3.05, 3.63) is 11.6 Å². The number of aliphatic hydroxyl groups is 2. The van der Waals surface area contributed by atoms with Crippen molar-refractivity contribution < 1.29 is 15.0 Å². The third-order valence-electron chi connectivity index (χ3n) is 11.3. The van der Waals surface area contributed by atoms with E-state index < -0.39 is 12.2 Å². The Morgan fingerprint density at radius 1 is 0.969 bits per heavy atom. The lowest BCUT2D eigenvalue weighted by molar-refractivity contribution is -0.118. The first-order valence-corrected chi connectivity index (χ1v) is 13.6. The highest BCUT2D eigenvalue weighted by Gasteiger charge is 2.60. The van der Waals surface area contributed by atoms with Gasteiger partial charge in [-0.2, -0.15) is 0 Å². The minimum atomic E-state index is -0.636. The smallest absolute Gasteiger partial charge is 0.155 e. The monoisotopic (exact) mass is 444 g/mol. The van der Waals surface area contributed by atoms with Crippen LogP contribution in [0.2, 0.25) is 0 Å². The highest BCUT2D eigenvalue weighted by atomic mass is 16.3. The van der Waals surface area contributed by atoms with Gasteiger partial charge in [-0.25, -0.2) is 0 Å². The molecule has 0 aromatic rings. The minimum Gasteiger partial charge on any atom is -0.390 e. The quantitative estimate of drug-likeness (QED) is 0.515. The summed E-state index contributed by atoms with van der Waals surface area (Å²) in [4.78, 5) is 12.1. The van der Waals surface area contributed by atoms with Gasteiger partial charge >= 0.3 is 0 Å². The van der Waals surface area contributed by atoms with Crippen LogP contribution in [0.4, 0.5) is 0 Å². The van der Waals surface area contributed by atoms with Crippen LogP contribution in [-0.2, 0) is 4.79 Å². The molecule has 2 N–H and O–H groups in total. The van der Waals surface area contributed by atoms with E-state index in [0.717, 1.165) is 37.5 Å². The van der Waals surface area contributed by atoms with Crippen molar-refractivity contribution in [1.29, 1.82) is 0 Å². The van der Waals surface area contributed by atoms with Crippen LogP contribution < -0.4 is 0 Å². The van der Waals surface area contributed by atoms with Crippen molar-refractivity contribution in [2.24, 2.45) is 52.3 Å². The maximum atomic E-state index is 12.1. The predicted molar refractivity (Wildman–Crippen MR) is 130 cm³/mol. The fourth-order valence-corrected chi connectivity index (χ4v) is 9.37. The van der Waals surface area contributed by atoms with Gasteiger partial charge in [0.15, 0.2) is 5.78 Å². The normalized spacial score (nSPS) is 43.0. The van der Waals surface area contributed by atoms with E-state index in [1.165, 1.54) is 37.7 Å². The first-order valence-electron chi connectivity index (χ1n) is 13.6. The number of carbonyl (C=O) groups excluding carboxylic acids is 1. The minimum absolute atomic E-state index is 0.131. The largest absolute Gasteiger partial charge is 0.390 e. The Morgan fingerprint density at radius 2 is 1.69 bits per heavy atom. The molecule has 32 heavy (non-hydrogen) atoms. The maximum absolute atomic E-state index is 12.1. The molecule has 0 aliphatic heterocycles. The van der Waals surface area contributed by atoms with Crippen molar-refractivity contribution in [1.82, 2.24) is 0 Å². The summed E-state index contributed by atoms with van der Waals surface area (Å²) in [5.41, 5.74) is 1.94. The first-order chi connectivity index (χ1) is 15.0. The molecule has 0 radical (unpaired) electrons. The van der Waals surface area contributed by atoms with Crippen LogP contribution in [0.25, 0.3) is 0 Å². The second-order valence-corrected chi connectivity index (χ2v) is 12.9. The zero-order valence-corrected chi connectivity index (χ0v) is 21.4. The molecule has 3 nitrogen and oxygen atoms in total. The lowest BCUT2D eigenvalue weighted by atomic mass is 9.46. The predicted octanol–water partition coefficient (Wildman–Crippen LogP) is 6.17. The Balaban J connectivity index is 1.53. The molecule has 4 rings (SSSR count). The Labute approximate surface area is 196 Å². The van der Waals surface area contributed by atoms with E-state index in [2.05, 4.69) is 41.5 Å². The molecular formula is C29H48O3. The Hall–Kier alpha value is -0.670. The van der Waals surface area contributed by atoms with Crippen molar-refractivity contribution in [3.63, 3.8) is 0 Å². The van der Waals surface area contributed by atoms with E-state index in [1.54, 1.807) is 0 Å². The van der Waals surface area contributed by atoms with Crippen molar-refractivity contribution in [2.45, 2.75) is 112 Å². The summed E-state index contributed by atoms with van der Waals surface area (Å²) >= 11 is 0. The van der Waals surface area contributed by atoms with Gasteiger partial charge in [-0.05, 0) is 103 Å². The van der Waals surface area contributed by atoms with Crippen LogP contribution in [0.3, 0.4) is 0 Å². The highest BCUT2D eigenvalue weighted by Crippen LogP contribution is 2.67. The number of carbonyl (C=O) groups is 1. The van der Waals surface area contributed by atoms with Gasteiger partial charge in [0, 0.05) is 6.42 Å². The van der Waals surface area contributed by atoms with Crippen molar-refractivity contribution in [2.75, 3.05) is 0 Å². The van der Waals surface area contributed by atoms with Gasteiger partial charge in [-0.1, -0.05) is 53.5 Å². The fourth-order valence-electron chi connectivity index (χ4n) is 9.37. The summed E-state index contributed by atoms with van der Waals surface area (Å²) < 4.78 is 0. The number of aliphatic hydroxyl groups excluding tert-OH is 2.